The Balaban J connectivity index is 1.28. The summed E-state index contributed by atoms with van der Waals surface area (Å²) in [5.74, 6) is 1.11. The van der Waals surface area contributed by atoms with Crippen molar-refractivity contribution in [3.8, 4) is 5.75 Å². The summed E-state index contributed by atoms with van der Waals surface area (Å²) in [5.41, 5.74) is 1.78. The highest BCUT2D eigenvalue weighted by molar-refractivity contribution is 7.99. The number of hydrogen-bond donors (Lipinski definition) is 1. The van der Waals surface area contributed by atoms with E-state index in [4.69, 9.17) is 13.9 Å². The predicted molar refractivity (Wildman–Crippen MR) is 114 cm³/mol. The van der Waals surface area contributed by atoms with Crippen LogP contribution in [0, 0.1) is 0 Å². The van der Waals surface area contributed by atoms with Crippen molar-refractivity contribution >= 4 is 29.0 Å². The van der Waals surface area contributed by atoms with Gasteiger partial charge in [-0.2, -0.15) is 0 Å². The maximum Gasteiger partial charge on any atom is 0.277 e. The van der Waals surface area contributed by atoms with Crippen molar-refractivity contribution in [3.05, 3.63) is 60.5 Å². The average molecular weight is 426 g/mol. The van der Waals surface area contributed by atoms with E-state index in [0.29, 0.717) is 24.3 Å². The molecule has 1 amide bonds. The van der Waals surface area contributed by atoms with Gasteiger partial charge in [0.1, 0.15) is 5.75 Å². The van der Waals surface area contributed by atoms with Gasteiger partial charge in [-0.1, -0.05) is 42.1 Å². The van der Waals surface area contributed by atoms with E-state index in [1.165, 1.54) is 11.8 Å². The fourth-order valence-electron chi connectivity index (χ4n) is 2.99. The molecule has 0 radical (unpaired) electrons. The van der Waals surface area contributed by atoms with E-state index in [9.17, 15) is 4.79 Å². The van der Waals surface area contributed by atoms with Crippen LogP contribution in [0.3, 0.4) is 0 Å². The topological polar surface area (TPSA) is 89.7 Å². The first-order valence-corrected chi connectivity index (χ1v) is 10.6. The molecule has 0 spiro atoms. The van der Waals surface area contributed by atoms with Gasteiger partial charge in [0.25, 0.3) is 11.1 Å². The fourth-order valence-corrected chi connectivity index (χ4v) is 3.57. The minimum atomic E-state index is -0.138. The molecule has 1 fully saturated rings. The van der Waals surface area contributed by atoms with Crippen molar-refractivity contribution in [1.82, 2.24) is 10.2 Å². The molecule has 4 rings (SSSR count). The van der Waals surface area contributed by atoms with E-state index in [2.05, 4.69) is 20.4 Å². The van der Waals surface area contributed by atoms with E-state index >= 15 is 0 Å². The molecule has 3 aromatic rings. The van der Waals surface area contributed by atoms with Gasteiger partial charge in [0.05, 0.1) is 30.3 Å². The monoisotopic (exact) mass is 426 g/mol. The minimum Gasteiger partial charge on any atom is -0.484 e. The van der Waals surface area contributed by atoms with Crippen LogP contribution in [-0.2, 0) is 16.1 Å². The number of amides is 1. The summed E-state index contributed by atoms with van der Waals surface area (Å²) in [6.45, 7) is 3.16. The maximum atomic E-state index is 12.4. The second-order valence-corrected chi connectivity index (χ2v) is 7.44. The number of thioether (sulfide) groups is 1. The van der Waals surface area contributed by atoms with Gasteiger partial charge in [-0.05, 0) is 24.3 Å². The first kappa shape index (κ1) is 20.2. The quantitative estimate of drug-likeness (QED) is 0.549. The molecule has 8 nitrogen and oxygen atoms in total. The zero-order valence-corrected chi connectivity index (χ0v) is 17.1. The SMILES string of the molecule is O=C(CSc1nnc(COc2ccccc2)o1)Nc1ccccc1N1CCOCC1. The van der Waals surface area contributed by atoms with Gasteiger partial charge in [-0.15, -0.1) is 10.2 Å². The molecule has 2 heterocycles. The minimum absolute atomic E-state index is 0.138. The van der Waals surface area contributed by atoms with Crippen LogP contribution < -0.4 is 15.0 Å². The van der Waals surface area contributed by atoms with Gasteiger partial charge in [-0.25, -0.2) is 0 Å². The number of hydrogen-bond acceptors (Lipinski definition) is 8. The lowest BCUT2D eigenvalue weighted by molar-refractivity contribution is -0.113. The van der Waals surface area contributed by atoms with Gasteiger partial charge in [-0.3, -0.25) is 4.79 Å². The number of aromatic nitrogens is 2. The Bertz CT molecular complexity index is 960. The maximum absolute atomic E-state index is 12.4. The second-order valence-electron chi connectivity index (χ2n) is 6.52. The van der Waals surface area contributed by atoms with Gasteiger partial charge < -0.3 is 24.1 Å². The van der Waals surface area contributed by atoms with Crippen LogP contribution in [0.4, 0.5) is 11.4 Å². The zero-order valence-electron chi connectivity index (χ0n) is 16.3. The molecule has 30 heavy (non-hydrogen) atoms. The normalized spacial score (nSPS) is 13.8. The number of anilines is 2. The Morgan fingerprint density at radius 1 is 1.07 bits per heavy atom. The van der Waals surface area contributed by atoms with Crippen LogP contribution in [0.15, 0.2) is 64.2 Å². The zero-order chi connectivity index (χ0) is 20.6. The van der Waals surface area contributed by atoms with Crippen LogP contribution in [0.1, 0.15) is 5.89 Å². The number of para-hydroxylation sites is 3. The third-order valence-electron chi connectivity index (χ3n) is 4.41. The summed E-state index contributed by atoms with van der Waals surface area (Å²) in [6, 6.07) is 17.2. The lowest BCUT2D eigenvalue weighted by Crippen LogP contribution is -2.36. The molecule has 1 saturated heterocycles. The highest BCUT2D eigenvalue weighted by atomic mass is 32.2. The molecule has 1 N–H and O–H groups in total. The number of nitrogens with one attached hydrogen (secondary N) is 1. The lowest BCUT2D eigenvalue weighted by atomic mass is 10.2. The molecule has 0 saturated carbocycles. The summed E-state index contributed by atoms with van der Waals surface area (Å²) in [6.07, 6.45) is 0. The van der Waals surface area contributed by atoms with E-state index in [1.54, 1.807) is 0 Å². The van der Waals surface area contributed by atoms with Crippen LogP contribution in [0.25, 0.3) is 0 Å². The summed E-state index contributed by atoms with van der Waals surface area (Å²) in [5, 5.41) is 11.2. The molecule has 1 aromatic heterocycles. The van der Waals surface area contributed by atoms with Crippen molar-refractivity contribution in [3.63, 3.8) is 0 Å². The summed E-state index contributed by atoms with van der Waals surface area (Å²) < 4.78 is 16.5. The number of morpholine rings is 1. The van der Waals surface area contributed by atoms with E-state index in [-0.39, 0.29) is 18.3 Å². The third-order valence-corrected chi connectivity index (χ3v) is 5.23. The predicted octanol–water partition coefficient (Wildman–Crippen LogP) is 3.22. The van der Waals surface area contributed by atoms with Crippen LogP contribution in [0.2, 0.25) is 0 Å². The molecule has 0 aliphatic carbocycles. The molecule has 0 bridgehead atoms. The molecule has 2 aromatic carbocycles. The first-order valence-electron chi connectivity index (χ1n) is 9.62. The standard InChI is InChI=1S/C21H22N4O4S/c26-19(22-17-8-4-5-9-18(17)25-10-12-27-13-11-25)15-30-21-24-23-20(29-21)14-28-16-6-2-1-3-7-16/h1-9H,10-15H2,(H,22,26). The number of ether oxygens (including phenoxy) is 2. The number of carbonyl (C=O) groups excluding carboxylic acids is 1. The average Bonchev–Trinajstić information content (AvgIpc) is 3.26. The molecule has 0 unspecified atom stereocenters. The Labute approximate surface area is 178 Å². The Hall–Kier alpha value is -3.04. The molecular formula is C21H22N4O4S. The highest BCUT2D eigenvalue weighted by Crippen LogP contribution is 2.27. The van der Waals surface area contributed by atoms with Crippen molar-refractivity contribution in [2.75, 3.05) is 42.3 Å². The molecule has 9 heteroatoms. The summed E-state index contributed by atoms with van der Waals surface area (Å²) in [7, 11) is 0. The van der Waals surface area contributed by atoms with Gasteiger partial charge in [0.2, 0.25) is 5.91 Å². The fraction of sp³-hybridized carbons (Fsp3) is 0.286. The van der Waals surface area contributed by atoms with Gasteiger partial charge in [0, 0.05) is 13.1 Å². The van der Waals surface area contributed by atoms with Crippen molar-refractivity contribution in [2.24, 2.45) is 0 Å². The largest absolute Gasteiger partial charge is 0.484 e. The first-order chi connectivity index (χ1) is 14.8. The highest BCUT2D eigenvalue weighted by Gasteiger charge is 2.16. The van der Waals surface area contributed by atoms with E-state index in [0.717, 1.165) is 30.2 Å². The molecular weight excluding hydrogens is 404 g/mol. The van der Waals surface area contributed by atoms with E-state index in [1.807, 2.05) is 54.6 Å². The Kier molecular flexibility index (Phi) is 6.83. The van der Waals surface area contributed by atoms with Gasteiger partial charge >= 0.3 is 0 Å². The molecule has 0 atom stereocenters. The summed E-state index contributed by atoms with van der Waals surface area (Å²) >= 11 is 1.19. The molecule has 1 aliphatic rings. The van der Waals surface area contributed by atoms with Crippen molar-refractivity contribution in [1.29, 1.82) is 0 Å². The number of nitrogens with zero attached hydrogens (tertiary/aromatic N) is 3. The third kappa shape index (κ3) is 5.52. The Morgan fingerprint density at radius 3 is 2.67 bits per heavy atom. The van der Waals surface area contributed by atoms with Crippen molar-refractivity contribution < 1.29 is 18.7 Å². The van der Waals surface area contributed by atoms with Gasteiger partial charge in [0.15, 0.2) is 6.61 Å². The second kappa shape index (κ2) is 10.1. The Morgan fingerprint density at radius 2 is 1.83 bits per heavy atom. The van der Waals surface area contributed by atoms with Crippen molar-refractivity contribution in [2.45, 2.75) is 11.8 Å². The number of benzene rings is 2. The number of rotatable bonds is 8. The van der Waals surface area contributed by atoms with Crippen LogP contribution in [-0.4, -0.2) is 48.2 Å². The molecule has 156 valence electrons. The van der Waals surface area contributed by atoms with Crippen LogP contribution >= 0.6 is 11.8 Å². The molecule has 1 aliphatic heterocycles. The van der Waals surface area contributed by atoms with Crippen LogP contribution in [0.5, 0.6) is 5.75 Å². The lowest BCUT2D eigenvalue weighted by Gasteiger charge is -2.30. The smallest absolute Gasteiger partial charge is 0.277 e. The number of carbonyl (C=O) groups is 1. The summed E-state index contributed by atoms with van der Waals surface area (Å²) in [4.78, 5) is 14.7. The van der Waals surface area contributed by atoms with E-state index < -0.39 is 0 Å².